The normalized spacial score (nSPS) is 14.1. The van der Waals surface area contributed by atoms with E-state index in [1.807, 2.05) is 6.92 Å². The van der Waals surface area contributed by atoms with Crippen LogP contribution in [0.1, 0.15) is 13.3 Å². The van der Waals surface area contributed by atoms with Crippen molar-refractivity contribution in [3.8, 4) is 0 Å². The van der Waals surface area contributed by atoms with E-state index in [0.717, 1.165) is 6.42 Å². The first-order chi connectivity index (χ1) is 3.31. The Balaban J connectivity index is 2.83. The van der Waals surface area contributed by atoms with Crippen molar-refractivity contribution in [2.45, 2.75) is 19.4 Å². The maximum atomic E-state index is 8.68. The van der Waals surface area contributed by atoms with Gasteiger partial charge < -0.3 is 10.8 Å². The fourth-order valence-corrected chi connectivity index (χ4v) is 0.368. The fraction of sp³-hybridized carbons (Fsp3) is 0.800. The minimum Gasteiger partial charge on any atom is -0.392 e. The third-order valence-corrected chi connectivity index (χ3v) is 0.749. The van der Waals surface area contributed by atoms with E-state index in [2.05, 4.69) is 0 Å². The van der Waals surface area contributed by atoms with Crippen LogP contribution in [0.4, 0.5) is 0 Å². The molecule has 0 aliphatic carbocycles. The lowest BCUT2D eigenvalue weighted by atomic mass is 10.2. The van der Waals surface area contributed by atoms with Crippen LogP contribution in [0, 0.1) is 6.42 Å². The van der Waals surface area contributed by atoms with E-state index in [1.54, 1.807) is 6.42 Å². The van der Waals surface area contributed by atoms with Gasteiger partial charge in [0, 0.05) is 6.54 Å². The van der Waals surface area contributed by atoms with E-state index in [-0.39, 0.29) is 0 Å². The smallest absolute Gasteiger partial charge is 0.0694 e. The second-order valence-corrected chi connectivity index (χ2v) is 1.45. The molecule has 2 nitrogen and oxygen atoms in total. The Bertz CT molecular complexity index is 39.1. The summed E-state index contributed by atoms with van der Waals surface area (Å²) in [4.78, 5) is 0. The first-order valence-corrected chi connectivity index (χ1v) is 2.52. The van der Waals surface area contributed by atoms with Crippen molar-refractivity contribution in [2.75, 3.05) is 6.54 Å². The molecular formula is C5H12NO. The van der Waals surface area contributed by atoms with Gasteiger partial charge in [0.1, 0.15) is 0 Å². The molecule has 0 bridgehead atoms. The van der Waals surface area contributed by atoms with Crippen LogP contribution in [0.3, 0.4) is 0 Å². The maximum absolute atomic E-state index is 8.68. The zero-order valence-electron chi connectivity index (χ0n) is 4.59. The molecule has 0 aromatic rings. The highest BCUT2D eigenvalue weighted by Crippen LogP contribution is 1.89. The van der Waals surface area contributed by atoms with Crippen LogP contribution in [0.15, 0.2) is 0 Å². The Labute approximate surface area is 44.3 Å². The molecule has 2 heteroatoms. The summed E-state index contributed by atoms with van der Waals surface area (Å²) >= 11 is 0. The van der Waals surface area contributed by atoms with Crippen LogP contribution in [-0.2, 0) is 0 Å². The van der Waals surface area contributed by atoms with Gasteiger partial charge >= 0.3 is 0 Å². The lowest BCUT2D eigenvalue weighted by Crippen LogP contribution is -2.19. The molecule has 0 saturated heterocycles. The third kappa shape index (κ3) is 3.76. The molecule has 0 aliphatic heterocycles. The molecule has 3 N–H and O–H groups in total. The highest BCUT2D eigenvalue weighted by molar-refractivity contribution is 4.72. The van der Waals surface area contributed by atoms with Gasteiger partial charge in [-0.25, -0.2) is 0 Å². The van der Waals surface area contributed by atoms with Crippen molar-refractivity contribution in [2.24, 2.45) is 5.73 Å². The van der Waals surface area contributed by atoms with Crippen LogP contribution in [0.2, 0.25) is 0 Å². The monoisotopic (exact) mass is 102 g/mol. The van der Waals surface area contributed by atoms with Gasteiger partial charge in [-0.2, -0.15) is 0 Å². The Kier molecular flexibility index (Phi) is 4.04. The van der Waals surface area contributed by atoms with Gasteiger partial charge in [0.2, 0.25) is 0 Å². The van der Waals surface area contributed by atoms with Gasteiger partial charge in [0.15, 0.2) is 0 Å². The summed E-state index contributed by atoms with van der Waals surface area (Å²) in [5.41, 5.74) is 5.08. The molecule has 0 aliphatic rings. The molecule has 1 atom stereocenters. The van der Waals surface area contributed by atoms with Gasteiger partial charge in [0.25, 0.3) is 0 Å². The van der Waals surface area contributed by atoms with Gasteiger partial charge in [-0.15, -0.1) is 0 Å². The van der Waals surface area contributed by atoms with E-state index in [9.17, 15) is 0 Å². The summed E-state index contributed by atoms with van der Waals surface area (Å²) in [7, 11) is 0. The number of hydrogen-bond donors (Lipinski definition) is 2. The lowest BCUT2D eigenvalue weighted by Gasteiger charge is -2.01. The first kappa shape index (κ1) is 6.92. The predicted molar refractivity (Wildman–Crippen MR) is 29.7 cm³/mol. The summed E-state index contributed by atoms with van der Waals surface area (Å²) in [5, 5.41) is 8.68. The predicted octanol–water partition coefficient (Wildman–Crippen LogP) is -0.0797. The average molecular weight is 102 g/mol. The van der Waals surface area contributed by atoms with Gasteiger partial charge in [-0.3, -0.25) is 0 Å². The summed E-state index contributed by atoms with van der Waals surface area (Å²) in [5.74, 6) is 0. The Morgan fingerprint density at radius 2 is 2.43 bits per heavy atom. The minimum absolute atomic E-state index is 0.341. The molecule has 0 rings (SSSR count). The largest absolute Gasteiger partial charge is 0.392 e. The standard InChI is InChI=1S/C5H12NO/c1-2-3-5(7)4-6/h3,5,7H,2,4,6H2,1H3. The van der Waals surface area contributed by atoms with Crippen molar-refractivity contribution in [1.82, 2.24) is 0 Å². The number of aliphatic hydroxyl groups excluding tert-OH is 1. The summed E-state index contributed by atoms with van der Waals surface area (Å²) < 4.78 is 0. The summed E-state index contributed by atoms with van der Waals surface area (Å²) in [6.07, 6.45) is 2.27. The summed E-state index contributed by atoms with van der Waals surface area (Å²) in [6, 6.07) is 0. The van der Waals surface area contributed by atoms with E-state index in [0.29, 0.717) is 6.54 Å². The van der Waals surface area contributed by atoms with Gasteiger partial charge in [-0.05, 0) is 6.42 Å². The van der Waals surface area contributed by atoms with Crippen molar-refractivity contribution in [3.63, 3.8) is 0 Å². The Hall–Kier alpha value is -0.0800. The van der Waals surface area contributed by atoms with Gasteiger partial charge in [0.05, 0.1) is 6.10 Å². The zero-order chi connectivity index (χ0) is 5.70. The quantitative estimate of drug-likeness (QED) is 0.523. The van der Waals surface area contributed by atoms with Crippen LogP contribution in [0.25, 0.3) is 0 Å². The molecule has 0 amide bonds. The molecule has 0 spiro atoms. The highest BCUT2D eigenvalue weighted by atomic mass is 16.3. The van der Waals surface area contributed by atoms with Crippen molar-refractivity contribution < 1.29 is 5.11 Å². The number of aliphatic hydroxyl groups is 1. The first-order valence-electron chi connectivity index (χ1n) is 2.52. The molecule has 43 valence electrons. The van der Waals surface area contributed by atoms with Crippen LogP contribution >= 0.6 is 0 Å². The SMILES string of the molecule is CC[CH]C(O)CN. The highest BCUT2D eigenvalue weighted by Gasteiger charge is 1.95. The second kappa shape index (κ2) is 4.09. The topological polar surface area (TPSA) is 46.2 Å². The molecule has 1 radical (unpaired) electrons. The number of nitrogens with two attached hydrogens (primary N) is 1. The molecular weight excluding hydrogens is 90.1 g/mol. The molecule has 0 fully saturated rings. The Morgan fingerprint density at radius 1 is 1.86 bits per heavy atom. The molecule has 0 heterocycles. The minimum atomic E-state index is -0.398. The number of rotatable bonds is 3. The average Bonchev–Trinajstić information content (AvgIpc) is 1.68. The molecule has 0 aromatic heterocycles. The molecule has 0 aromatic carbocycles. The molecule has 0 saturated carbocycles. The van der Waals surface area contributed by atoms with Crippen molar-refractivity contribution >= 4 is 0 Å². The van der Waals surface area contributed by atoms with Crippen molar-refractivity contribution in [1.29, 1.82) is 0 Å². The lowest BCUT2D eigenvalue weighted by molar-refractivity contribution is 0.212. The third-order valence-electron chi connectivity index (χ3n) is 0.749. The number of hydrogen-bond acceptors (Lipinski definition) is 2. The van der Waals surface area contributed by atoms with E-state index in [1.165, 1.54) is 0 Å². The van der Waals surface area contributed by atoms with Crippen molar-refractivity contribution in [3.05, 3.63) is 6.42 Å². The van der Waals surface area contributed by atoms with Crippen LogP contribution in [-0.4, -0.2) is 17.8 Å². The second-order valence-electron chi connectivity index (χ2n) is 1.45. The Morgan fingerprint density at radius 3 is 2.57 bits per heavy atom. The van der Waals surface area contributed by atoms with E-state index in [4.69, 9.17) is 10.8 Å². The maximum Gasteiger partial charge on any atom is 0.0694 e. The molecule has 7 heavy (non-hydrogen) atoms. The van der Waals surface area contributed by atoms with E-state index < -0.39 is 6.10 Å². The fourth-order valence-electron chi connectivity index (χ4n) is 0.368. The zero-order valence-corrected chi connectivity index (χ0v) is 4.59. The van der Waals surface area contributed by atoms with Crippen LogP contribution < -0.4 is 5.73 Å². The van der Waals surface area contributed by atoms with Gasteiger partial charge in [-0.1, -0.05) is 13.3 Å². The van der Waals surface area contributed by atoms with E-state index >= 15 is 0 Å². The van der Waals surface area contributed by atoms with Crippen LogP contribution in [0.5, 0.6) is 0 Å². The molecule has 1 unspecified atom stereocenters. The summed E-state index contributed by atoms with van der Waals surface area (Å²) in [6.45, 7) is 2.31.